The number of carbonyl (C=O) groups is 3. The Morgan fingerprint density at radius 1 is 1.28 bits per heavy atom. The number of carboxylic acid groups (broad SMARTS) is 1. The molecule has 0 unspecified atom stereocenters. The molecule has 4 heterocycles. The van der Waals surface area contributed by atoms with E-state index in [0.29, 0.717) is 27.9 Å². The van der Waals surface area contributed by atoms with Crippen molar-refractivity contribution in [2.75, 3.05) is 0 Å². The number of ether oxygens (including phenoxy) is 1. The van der Waals surface area contributed by atoms with E-state index in [4.69, 9.17) is 4.74 Å². The van der Waals surface area contributed by atoms with E-state index in [2.05, 4.69) is 10.3 Å². The number of phenolic OH excluding ortho intramolecular Hbond substituents is 1. The van der Waals surface area contributed by atoms with E-state index in [-0.39, 0.29) is 42.0 Å². The lowest BCUT2D eigenvalue weighted by atomic mass is 9.86. The highest BCUT2D eigenvalue weighted by atomic mass is 16.6. The minimum Gasteiger partial charge on any atom is -0.507 e. The number of rotatable bonds is 4. The first kappa shape index (κ1) is 23.2. The summed E-state index contributed by atoms with van der Waals surface area (Å²) in [5.41, 5.74) is -0.293. The summed E-state index contributed by atoms with van der Waals surface area (Å²) in [6.45, 7) is 2.70. The summed E-state index contributed by atoms with van der Waals surface area (Å²) < 4.78 is 6.54. The van der Waals surface area contributed by atoms with Crippen LogP contribution < -0.4 is 10.9 Å². The predicted octanol–water partition coefficient (Wildman–Crippen LogP) is 1.35. The Hall–Kier alpha value is -4.51. The number of aliphatic carboxylic acids is 1. The molecule has 0 radical (unpaired) electrons. The van der Waals surface area contributed by atoms with E-state index in [1.54, 1.807) is 25.1 Å². The van der Waals surface area contributed by atoms with Crippen LogP contribution in [0.2, 0.25) is 0 Å². The molecule has 0 spiro atoms. The van der Waals surface area contributed by atoms with Gasteiger partial charge in [0.2, 0.25) is 5.91 Å². The van der Waals surface area contributed by atoms with Gasteiger partial charge in [0.05, 0.1) is 29.0 Å². The number of fused-ring (bicyclic) bond motifs is 5. The molecule has 11 nitrogen and oxygen atoms in total. The van der Waals surface area contributed by atoms with E-state index < -0.39 is 34.7 Å². The molecule has 4 N–H and O–H groups in total. The first-order valence-electron chi connectivity index (χ1n) is 11.1. The number of nitrogens with zero attached hydrogens (tertiary/aromatic N) is 2. The van der Waals surface area contributed by atoms with Gasteiger partial charge in [0.1, 0.15) is 18.1 Å². The van der Waals surface area contributed by atoms with Gasteiger partial charge in [-0.3, -0.25) is 9.59 Å². The second-order valence-corrected chi connectivity index (χ2v) is 8.71. The average Bonchev–Trinajstić information content (AvgIpc) is 3.19. The molecule has 2 aliphatic rings. The number of aromatic hydroxyl groups is 1. The maximum atomic E-state index is 13.3. The summed E-state index contributed by atoms with van der Waals surface area (Å²) in [4.78, 5) is 53.0. The summed E-state index contributed by atoms with van der Waals surface area (Å²) in [7, 11) is 0. The van der Waals surface area contributed by atoms with E-state index in [1.165, 1.54) is 17.6 Å². The highest BCUT2D eigenvalue weighted by molar-refractivity contribution is 5.99. The summed E-state index contributed by atoms with van der Waals surface area (Å²) in [5, 5.41) is 33.7. The smallest absolute Gasteiger partial charge is 0.352 e. The lowest BCUT2D eigenvalue weighted by Gasteiger charge is -2.31. The topological polar surface area (TPSA) is 168 Å². The Balaban J connectivity index is 1.66. The highest BCUT2D eigenvalue weighted by Gasteiger charge is 2.45. The Labute approximate surface area is 203 Å². The normalized spacial score (nSPS) is 18.3. The number of benzene rings is 1. The number of nitrogens with one attached hydrogen (secondary N) is 1. The van der Waals surface area contributed by atoms with Crippen LogP contribution in [0.15, 0.2) is 34.8 Å². The van der Waals surface area contributed by atoms with Crippen molar-refractivity contribution in [3.05, 3.63) is 62.6 Å². The molecule has 1 amide bonds. The minimum absolute atomic E-state index is 0.0285. The third-order valence-electron chi connectivity index (χ3n) is 6.54. The molecule has 2 aromatic heterocycles. The van der Waals surface area contributed by atoms with Crippen LogP contribution >= 0.6 is 0 Å². The molecule has 2 aliphatic heterocycles. The molecule has 3 aromatic rings. The van der Waals surface area contributed by atoms with Gasteiger partial charge in [-0.05, 0) is 36.8 Å². The van der Waals surface area contributed by atoms with Crippen molar-refractivity contribution in [2.24, 2.45) is 0 Å². The molecule has 0 fully saturated rings. The van der Waals surface area contributed by atoms with E-state index >= 15 is 0 Å². The molecule has 1 aromatic carbocycles. The van der Waals surface area contributed by atoms with E-state index in [9.17, 15) is 34.5 Å². The van der Waals surface area contributed by atoms with Crippen LogP contribution in [0.25, 0.3) is 28.4 Å². The van der Waals surface area contributed by atoms with E-state index in [0.717, 1.165) is 6.08 Å². The molecular formula is C25H21N3O8. The van der Waals surface area contributed by atoms with Crippen LogP contribution in [0.3, 0.4) is 0 Å². The third-order valence-corrected chi connectivity index (χ3v) is 6.54. The first-order chi connectivity index (χ1) is 17.0. The molecule has 11 heteroatoms. The van der Waals surface area contributed by atoms with Crippen LogP contribution in [-0.2, 0) is 37.9 Å². The monoisotopic (exact) mass is 491 g/mol. The Bertz CT molecular complexity index is 1600. The SMILES string of the molecule is CC[C@@]1(O)C(=O)OCc2c1cc1n(c2=O)Cc2cc3c(O)c(/C=C(\NC(C)=O)C(=O)O)ccc3nc2-1. The van der Waals surface area contributed by atoms with Gasteiger partial charge in [-0.1, -0.05) is 6.92 Å². The summed E-state index contributed by atoms with van der Waals surface area (Å²) >= 11 is 0. The maximum absolute atomic E-state index is 13.3. The number of pyridine rings is 2. The zero-order chi connectivity index (χ0) is 25.9. The standard InChI is InChI=1S/C25H21N3O8/c1-3-25(35)16-8-19-20-13(9-28(19)22(31)15(16)10-36-24(25)34)6-14-17(27-20)5-4-12(21(14)30)7-18(23(32)33)26-11(2)29/h4-8,30,35H,3,9-10H2,1-2H3,(H,26,29)(H,32,33)/b18-7-/t25-/m0/s1. The fourth-order valence-corrected chi connectivity index (χ4v) is 4.67. The molecule has 0 saturated carbocycles. The van der Waals surface area contributed by atoms with Crippen molar-refractivity contribution in [3.63, 3.8) is 0 Å². The van der Waals surface area contributed by atoms with Gasteiger partial charge in [-0.2, -0.15) is 0 Å². The molecule has 5 rings (SSSR count). The summed E-state index contributed by atoms with van der Waals surface area (Å²) in [6.07, 6.45) is 1.17. The molecule has 36 heavy (non-hydrogen) atoms. The zero-order valence-corrected chi connectivity index (χ0v) is 19.3. The number of aliphatic hydroxyl groups is 1. The van der Waals surface area contributed by atoms with Crippen molar-refractivity contribution in [2.45, 2.75) is 39.0 Å². The molecule has 0 bridgehead atoms. The number of hydrogen-bond acceptors (Lipinski definition) is 8. The van der Waals surface area contributed by atoms with Gasteiger partial charge in [-0.25, -0.2) is 14.6 Å². The van der Waals surface area contributed by atoms with Gasteiger partial charge in [-0.15, -0.1) is 0 Å². The maximum Gasteiger partial charge on any atom is 0.352 e. The predicted molar refractivity (Wildman–Crippen MR) is 126 cm³/mol. The van der Waals surface area contributed by atoms with Gasteiger partial charge >= 0.3 is 11.9 Å². The third kappa shape index (κ3) is 3.35. The highest BCUT2D eigenvalue weighted by Crippen LogP contribution is 2.40. The van der Waals surface area contributed by atoms with Crippen LogP contribution in [0.1, 0.15) is 42.5 Å². The minimum atomic E-state index is -1.93. The number of aromatic nitrogens is 2. The number of esters is 1. The van der Waals surface area contributed by atoms with Crippen LogP contribution in [0.5, 0.6) is 5.75 Å². The van der Waals surface area contributed by atoms with Crippen molar-refractivity contribution in [1.29, 1.82) is 0 Å². The summed E-state index contributed by atoms with van der Waals surface area (Å²) in [6, 6.07) is 6.28. The lowest BCUT2D eigenvalue weighted by molar-refractivity contribution is -0.172. The molecule has 1 atom stereocenters. The Kier molecular flexibility index (Phi) is 5.18. The van der Waals surface area contributed by atoms with Gasteiger partial charge in [0.25, 0.3) is 5.56 Å². The van der Waals surface area contributed by atoms with Crippen LogP contribution in [0, 0.1) is 0 Å². The van der Waals surface area contributed by atoms with Crippen molar-refractivity contribution in [3.8, 4) is 17.1 Å². The van der Waals surface area contributed by atoms with Gasteiger partial charge in [0.15, 0.2) is 5.60 Å². The lowest BCUT2D eigenvalue weighted by Crippen LogP contribution is -2.44. The fraction of sp³-hybridized carbons (Fsp3) is 0.240. The average molecular weight is 491 g/mol. The first-order valence-corrected chi connectivity index (χ1v) is 11.1. The largest absolute Gasteiger partial charge is 0.507 e. The molecule has 0 aliphatic carbocycles. The van der Waals surface area contributed by atoms with Gasteiger partial charge < -0.3 is 29.9 Å². The molecular weight excluding hydrogens is 470 g/mol. The Morgan fingerprint density at radius 2 is 2.03 bits per heavy atom. The van der Waals surface area contributed by atoms with Crippen LogP contribution in [-0.4, -0.2) is 42.7 Å². The number of cyclic esters (lactones) is 1. The Morgan fingerprint density at radius 3 is 2.69 bits per heavy atom. The number of carboxylic acids is 1. The molecule has 0 saturated heterocycles. The number of amides is 1. The van der Waals surface area contributed by atoms with Crippen molar-refractivity contribution >= 4 is 34.8 Å². The van der Waals surface area contributed by atoms with Crippen molar-refractivity contribution in [1.82, 2.24) is 14.9 Å². The zero-order valence-electron chi connectivity index (χ0n) is 19.3. The number of carbonyl (C=O) groups excluding carboxylic acids is 2. The second kappa shape index (κ2) is 8.02. The fourth-order valence-electron chi connectivity index (χ4n) is 4.67. The van der Waals surface area contributed by atoms with Gasteiger partial charge in [0, 0.05) is 29.0 Å². The quantitative estimate of drug-likeness (QED) is 0.243. The second-order valence-electron chi connectivity index (χ2n) is 8.71. The number of hydrogen-bond donors (Lipinski definition) is 4. The summed E-state index contributed by atoms with van der Waals surface area (Å²) in [5.74, 6) is -2.99. The van der Waals surface area contributed by atoms with Crippen LogP contribution in [0.4, 0.5) is 0 Å². The number of phenols is 1. The molecule has 184 valence electrons. The van der Waals surface area contributed by atoms with Crippen molar-refractivity contribution < 1.29 is 34.4 Å². The van der Waals surface area contributed by atoms with E-state index in [1.807, 2.05) is 0 Å².